The van der Waals surface area contributed by atoms with Crippen molar-refractivity contribution in [2.24, 2.45) is 0 Å². The maximum Gasteiger partial charge on any atom is 0.275 e. The molecule has 2 aromatic carbocycles. The number of aromatic amines is 1. The number of non-ortho nitro benzene ring substituents is 1. The molecule has 0 bridgehead atoms. The van der Waals surface area contributed by atoms with Gasteiger partial charge in [-0.3, -0.25) is 20.0 Å². The molecule has 0 unspecified atom stereocenters. The first-order chi connectivity index (χ1) is 13.4. The summed E-state index contributed by atoms with van der Waals surface area (Å²) in [6.45, 7) is 3.70. The van der Waals surface area contributed by atoms with Gasteiger partial charge in [0.1, 0.15) is 0 Å². The number of nitrogens with zero attached hydrogens (tertiary/aromatic N) is 4. The van der Waals surface area contributed by atoms with E-state index in [-0.39, 0.29) is 17.3 Å². The number of amides is 1. The topological polar surface area (TPSA) is 95.4 Å². The molecule has 0 saturated carbocycles. The lowest BCUT2D eigenvalue weighted by molar-refractivity contribution is -0.384. The number of hydrogen-bond acceptors (Lipinski definition) is 5. The van der Waals surface area contributed by atoms with Crippen molar-refractivity contribution in [1.82, 2.24) is 20.0 Å². The van der Waals surface area contributed by atoms with E-state index in [0.29, 0.717) is 24.0 Å². The normalized spacial score (nSPS) is 11.1. The molecule has 3 aromatic rings. The molecule has 0 saturated heterocycles. The summed E-state index contributed by atoms with van der Waals surface area (Å²) < 4.78 is 0. The first kappa shape index (κ1) is 19.5. The summed E-state index contributed by atoms with van der Waals surface area (Å²) in [6.07, 6.45) is 0. The largest absolute Gasteiger partial charge is 0.333 e. The van der Waals surface area contributed by atoms with Crippen LogP contribution in [0, 0.1) is 10.1 Å². The molecule has 1 N–H and O–H groups in total. The van der Waals surface area contributed by atoms with Gasteiger partial charge in [-0.2, -0.15) is 5.10 Å². The van der Waals surface area contributed by atoms with E-state index in [4.69, 9.17) is 0 Å². The molecule has 0 spiro atoms. The number of benzene rings is 2. The number of nitro groups is 1. The van der Waals surface area contributed by atoms with Gasteiger partial charge in [0.25, 0.3) is 11.6 Å². The van der Waals surface area contributed by atoms with E-state index in [1.807, 2.05) is 33.2 Å². The zero-order valence-electron chi connectivity index (χ0n) is 16.2. The number of rotatable bonds is 7. The minimum Gasteiger partial charge on any atom is -0.333 e. The lowest BCUT2D eigenvalue weighted by Crippen LogP contribution is -2.30. The van der Waals surface area contributed by atoms with Gasteiger partial charge in [-0.1, -0.05) is 24.3 Å². The first-order valence-corrected chi connectivity index (χ1v) is 9.03. The number of nitro benzene ring substituents is 1. The Balaban J connectivity index is 1.82. The summed E-state index contributed by atoms with van der Waals surface area (Å²) in [5, 5.41) is 18.4. The highest BCUT2D eigenvalue weighted by Gasteiger charge is 2.22. The lowest BCUT2D eigenvalue weighted by Gasteiger charge is -2.20. The van der Waals surface area contributed by atoms with E-state index in [2.05, 4.69) is 27.2 Å². The van der Waals surface area contributed by atoms with Crippen LogP contribution in [0.25, 0.3) is 10.9 Å². The van der Waals surface area contributed by atoms with E-state index in [1.165, 1.54) is 17.7 Å². The molecule has 3 rings (SSSR count). The summed E-state index contributed by atoms with van der Waals surface area (Å²) in [6, 6.07) is 12.5. The van der Waals surface area contributed by atoms with Gasteiger partial charge in [-0.25, -0.2) is 0 Å². The van der Waals surface area contributed by atoms with Crippen molar-refractivity contribution in [2.45, 2.75) is 20.0 Å². The molecule has 1 aromatic heterocycles. The minimum absolute atomic E-state index is 0.0671. The third-order valence-electron chi connectivity index (χ3n) is 4.52. The second kappa shape index (κ2) is 8.18. The summed E-state index contributed by atoms with van der Waals surface area (Å²) in [7, 11) is 4.04. The van der Waals surface area contributed by atoms with Gasteiger partial charge in [0.15, 0.2) is 5.69 Å². The van der Waals surface area contributed by atoms with Crippen LogP contribution < -0.4 is 0 Å². The van der Waals surface area contributed by atoms with Crippen LogP contribution in [0.15, 0.2) is 42.5 Å². The second-order valence-corrected chi connectivity index (χ2v) is 6.93. The van der Waals surface area contributed by atoms with Gasteiger partial charge >= 0.3 is 0 Å². The lowest BCUT2D eigenvalue weighted by atomic mass is 10.1. The zero-order valence-corrected chi connectivity index (χ0v) is 16.2. The van der Waals surface area contributed by atoms with Crippen LogP contribution in [0.1, 0.15) is 28.5 Å². The maximum absolute atomic E-state index is 13.0. The molecule has 0 atom stereocenters. The first-order valence-electron chi connectivity index (χ1n) is 9.03. The predicted octanol–water partition coefficient (Wildman–Crippen LogP) is 3.20. The van der Waals surface area contributed by atoms with Crippen LogP contribution in [0.4, 0.5) is 5.69 Å². The molecule has 0 aliphatic carbocycles. The monoisotopic (exact) mass is 381 g/mol. The maximum atomic E-state index is 13.0. The van der Waals surface area contributed by atoms with Crippen molar-refractivity contribution in [3.63, 3.8) is 0 Å². The molecular formula is C20H23N5O3. The number of aromatic nitrogens is 2. The number of nitrogens with one attached hydrogen (secondary N) is 1. The molecule has 0 radical (unpaired) electrons. The van der Waals surface area contributed by atoms with Crippen LogP contribution >= 0.6 is 0 Å². The molecule has 8 nitrogen and oxygen atoms in total. The highest BCUT2D eigenvalue weighted by atomic mass is 16.6. The second-order valence-electron chi connectivity index (χ2n) is 6.93. The molecular weight excluding hydrogens is 358 g/mol. The third kappa shape index (κ3) is 4.17. The molecule has 0 fully saturated rings. The number of fused-ring (bicyclic) bond motifs is 1. The van der Waals surface area contributed by atoms with Gasteiger partial charge < -0.3 is 9.80 Å². The van der Waals surface area contributed by atoms with Crippen LogP contribution in [-0.2, 0) is 13.1 Å². The van der Waals surface area contributed by atoms with Crippen LogP contribution in [0.2, 0.25) is 0 Å². The summed E-state index contributed by atoms with van der Waals surface area (Å²) in [5.41, 5.74) is 2.95. The molecule has 146 valence electrons. The van der Waals surface area contributed by atoms with Crippen molar-refractivity contribution >= 4 is 22.5 Å². The Hall–Kier alpha value is -3.26. The molecule has 8 heteroatoms. The molecule has 1 heterocycles. The SMILES string of the molecule is CCN(Cc1ccc(CN(C)C)cc1)C(=O)c1n[nH]c2ccc([N+](=O)[O-])cc12. The predicted molar refractivity (Wildman–Crippen MR) is 107 cm³/mol. The Bertz CT molecular complexity index is 995. The van der Waals surface area contributed by atoms with E-state index in [9.17, 15) is 14.9 Å². The van der Waals surface area contributed by atoms with Crippen molar-refractivity contribution in [3.05, 3.63) is 69.4 Å². The van der Waals surface area contributed by atoms with Crippen LogP contribution in [0.5, 0.6) is 0 Å². The molecule has 28 heavy (non-hydrogen) atoms. The fraction of sp³-hybridized carbons (Fsp3) is 0.300. The third-order valence-corrected chi connectivity index (χ3v) is 4.52. The van der Waals surface area contributed by atoms with Crippen LogP contribution in [-0.4, -0.2) is 51.5 Å². The van der Waals surface area contributed by atoms with Gasteiger partial charge in [0.05, 0.1) is 10.4 Å². The Morgan fingerprint density at radius 2 is 1.75 bits per heavy atom. The summed E-state index contributed by atoms with van der Waals surface area (Å²) in [5.74, 6) is -0.258. The van der Waals surface area contributed by atoms with Gasteiger partial charge in [-0.15, -0.1) is 0 Å². The number of hydrogen-bond donors (Lipinski definition) is 1. The standard InChI is InChI=1S/C20H23N5O3/c1-4-24(13-15-7-5-14(6-8-15)12-23(2)3)20(26)19-17-11-16(25(27)28)9-10-18(17)21-22-19/h5-11H,4,12-13H2,1-3H3,(H,21,22). The van der Waals surface area contributed by atoms with Gasteiger partial charge in [-0.05, 0) is 38.2 Å². The van der Waals surface area contributed by atoms with Crippen molar-refractivity contribution in [1.29, 1.82) is 0 Å². The number of carbonyl (C=O) groups is 1. The number of carbonyl (C=O) groups excluding carboxylic acids is 1. The van der Waals surface area contributed by atoms with E-state index >= 15 is 0 Å². The Morgan fingerprint density at radius 3 is 2.32 bits per heavy atom. The fourth-order valence-corrected chi connectivity index (χ4v) is 3.09. The Kier molecular flexibility index (Phi) is 5.70. The molecule has 0 aliphatic heterocycles. The Labute approximate surface area is 162 Å². The van der Waals surface area contributed by atoms with Crippen LogP contribution in [0.3, 0.4) is 0 Å². The highest BCUT2D eigenvalue weighted by molar-refractivity contribution is 6.05. The van der Waals surface area contributed by atoms with Crippen molar-refractivity contribution in [3.8, 4) is 0 Å². The van der Waals surface area contributed by atoms with Gasteiger partial charge in [0, 0.05) is 37.2 Å². The Morgan fingerprint density at radius 1 is 1.11 bits per heavy atom. The average Bonchev–Trinajstić information content (AvgIpc) is 3.09. The quantitative estimate of drug-likeness (QED) is 0.501. The minimum atomic E-state index is -0.479. The average molecular weight is 381 g/mol. The van der Waals surface area contributed by atoms with E-state index in [0.717, 1.165) is 12.1 Å². The van der Waals surface area contributed by atoms with Crippen molar-refractivity contribution < 1.29 is 9.72 Å². The smallest absolute Gasteiger partial charge is 0.275 e. The van der Waals surface area contributed by atoms with Gasteiger partial charge in [0.2, 0.25) is 0 Å². The van der Waals surface area contributed by atoms with E-state index < -0.39 is 4.92 Å². The molecule has 0 aliphatic rings. The van der Waals surface area contributed by atoms with E-state index in [1.54, 1.807) is 11.0 Å². The van der Waals surface area contributed by atoms with Crippen molar-refractivity contribution in [2.75, 3.05) is 20.6 Å². The fourth-order valence-electron chi connectivity index (χ4n) is 3.09. The summed E-state index contributed by atoms with van der Waals surface area (Å²) >= 11 is 0. The highest BCUT2D eigenvalue weighted by Crippen LogP contribution is 2.23. The summed E-state index contributed by atoms with van der Waals surface area (Å²) in [4.78, 5) is 27.4. The zero-order chi connectivity index (χ0) is 20.3. The number of H-pyrrole nitrogens is 1. The molecule has 1 amide bonds.